The molecule has 0 heterocycles. The molecule has 176 valence electrons. The third-order valence-corrected chi connectivity index (χ3v) is 9.19. The summed E-state index contributed by atoms with van der Waals surface area (Å²) in [5.74, 6) is -2.27. The van der Waals surface area contributed by atoms with E-state index in [-0.39, 0.29) is 18.1 Å². The van der Waals surface area contributed by atoms with E-state index in [9.17, 15) is 24.6 Å². The summed E-state index contributed by atoms with van der Waals surface area (Å²) >= 11 is 0. The molecule has 4 aliphatic rings. The zero-order chi connectivity index (χ0) is 23.7. The predicted molar refractivity (Wildman–Crippen MR) is 113 cm³/mol. The summed E-state index contributed by atoms with van der Waals surface area (Å²) in [6, 6.07) is 0. The van der Waals surface area contributed by atoms with Crippen molar-refractivity contribution in [2.45, 2.75) is 63.8 Å². The van der Waals surface area contributed by atoms with Crippen molar-refractivity contribution in [3.63, 3.8) is 0 Å². The average Bonchev–Trinajstić information content (AvgIpc) is 2.94. The number of alkyl carbamates (subject to hydrolysis) is 1. The minimum atomic E-state index is -2.02. The quantitative estimate of drug-likeness (QED) is 0.609. The van der Waals surface area contributed by atoms with Crippen LogP contribution in [-0.4, -0.2) is 58.9 Å². The van der Waals surface area contributed by atoms with Gasteiger partial charge in [0.05, 0.1) is 6.10 Å². The molecule has 3 saturated carbocycles. The van der Waals surface area contributed by atoms with E-state index < -0.39 is 58.5 Å². The number of carbonyl (C=O) groups excluding carboxylic acids is 3. The maximum absolute atomic E-state index is 17.0. The van der Waals surface area contributed by atoms with Crippen LogP contribution in [0.5, 0.6) is 0 Å². The van der Waals surface area contributed by atoms with Gasteiger partial charge in [-0.15, -0.1) is 0 Å². The Balaban J connectivity index is 1.73. The van der Waals surface area contributed by atoms with Gasteiger partial charge in [0.2, 0.25) is 5.78 Å². The molecule has 0 aromatic carbocycles. The topological polar surface area (TPSA) is 113 Å². The number of fused-ring (bicyclic) bond motifs is 5. The van der Waals surface area contributed by atoms with Crippen molar-refractivity contribution in [2.24, 2.45) is 28.6 Å². The fourth-order valence-electron chi connectivity index (χ4n) is 7.45. The first kappa shape index (κ1) is 23.1. The lowest BCUT2D eigenvalue weighted by Crippen LogP contribution is -2.69. The van der Waals surface area contributed by atoms with Crippen LogP contribution in [0.1, 0.15) is 46.5 Å². The molecule has 0 radical (unpaired) electrons. The second-order valence-corrected chi connectivity index (χ2v) is 10.4. The molecule has 3 fully saturated rings. The maximum atomic E-state index is 17.0. The highest BCUT2D eigenvalue weighted by atomic mass is 19.1. The number of alkyl halides is 1. The van der Waals surface area contributed by atoms with Gasteiger partial charge in [-0.2, -0.15) is 0 Å². The van der Waals surface area contributed by atoms with E-state index in [4.69, 9.17) is 4.74 Å². The van der Waals surface area contributed by atoms with Crippen LogP contribution in [0.25, 0.3) is 0 Å². The van der Waals surface area contributed by atoms with E-state index in [1.54, 1.807) is 26.8 Å². The average molecular weight is 450 g/mol. The van der Waals surface area contributed by atoms with E-state index in [0.29, 0.717) is 24.8 Å². The lowest BCUT2D eigenvalue weighted by molar-refractivity contribution is -0.219. The first-order valence-corrected chi connectivity index (χ1v) is 11.3. The van der Waals surface area contributed by atoms with Crippen LogP contribution < -0.4 is 5.32 Å². The van der Waals surface area contributed by atoms with Gasteiger partial charge in [0.1, 0.15) is 5.60 Å². The Bertz CT molecular complexity index is 931. The number of halogens is 1. The van der Waals surface area contributed by atoms with E-state index in [1.165, 1.54) is 19.2 Å². The molecule has 1 amide bonds. The van der Waals surface area contributed by atoms with Crippen molar-refractivity contribution in [1.29, 1.82) is 0 Å². The second kappa shape index (κ2) is 7.22. The lowest BCUT2D eigenvalue weighted by atomic mass is 9.44. The smallest absolute Gasteiger partial charge is 0.407 e. The van der Waals surface area contributed by atoms with Gasteiger partial charge in [-0.3, -0.25) is 9.59 Å². The van der Waals surface area contributed by atoms with Crippen molar-refractivity contribution < 1.29 is 33.7 Å². The molecule has 8 atom stereocenters. The van der Waals surface area contributed by atoms with Gasteiger partial charge in [0.25, 0.3) is 0 Å². The number of carbonyl (C=O) groups is 3. The molecule has 0 spiro atoms. The monoisotopic (exact) mass is 449 g/mol. The summed E-state index contributed by atoms with van der Waals surface area (Å²) < 4.78 is 22.0. The van der Waals surface area contributed by atoms with Crippen molar-refractivity contribution in [2.75, 3.05) is 13.7 Å². The van der Waals surface area contributed by atoms with Gasteiger partial charge >= 0.3 is 6.09 Å². The summed E-state index contributed by atoms with van der Waals surface area (Å²) in [6.07, 6.45) is 3.44. The summed E-state index contributed by atoms with van der Waals surface area (Å²) in [5.41, 5.74) is -5.40. The van der Waals surface area contributed by atoms with Gasteiger partial charge in [0.15, 0.2) is 18.1 Å². The number of nitrogens with one attached hydrogen (secondary N) is 1. The van der Waals surface area contributed by atoms with Crippen LogP contribution >= 0.6 is 0 Å². The molecule has 4 aliphatic carbocycles. The summed E-state index contributed by atoms with van der Waals surface area (Å²) in [4.78, 5) is 36.5. The summed E-state index contributed by atoms with van der Waals surface area (Å²) in [7, 11) is 1.37. The minimum absolute atomic E-state index is 0.109. The number of ketones is 2. The third-order valence-electron chi connectivity index (χ3n) is 9.19. The minimum Gasteiger partial charge on any atom is -0.441 e. The molecular formula is C24H32FNO6. The molecular weight excluding hydrogens is 417 g/mol. The normalized spacial score (nSPS) is 47.1. The van der Waals surface area contributed by atoms with Crippen LogP contribution in [0.3, 0.4) is 0 Å². The van der Waals surface area contributed by atoms with Crippen molar-refractivity contribution in [3.05, 3.63) is 23.8 Å². The molecule has 0 bridgehead atoms. The largest absolute Gasteiger partial charge is 0.441 e. The number of hydrogen-bond donors (Lipinski definition) is 3. The fourth-order valence-corrected chi connectivity index (χ4v) is 7.45. The molecule has 0 saturated heterocycles. The molecule has 0 aliphatic heterocycles. The van der Waals surface area contributed by atoms with Crippen molar-refractivity contribution in [3.8, 4) is 0 Å². The highest BCUT2D eigenvalue weighted by Gasteiger charge is 2.75. The maximum Gasteiger partial charge on any atom is 0.407 e. The Morgan fingerprint density at radius 3 is 2.66 bits per heavy atom. The number of allylic oxidation sites excluding steroid dienone is 4. The Kier molecular flexibility index (Phi) is 5.21. The van der Waals surface area contributed by atoms with Crippen molar-refractivity contribution >= 4 is 17.7 Å². The molecule has 3 N–H and O–H groups in total. The number of hydrogen-bond acceptors (Lipinski definition) is 6. The molecule has 0 aromatic rings. The number of ether oxygens (including phenoxy) is 1. The standard InChI is InChI=1S/C24H32FNO6/c1-13-9-17-16-6-5-14-10-15(27)7-8-21(14,2)23(16,25)18(28)11-22(17,3)24(13,31)19(29)12-32-20(30)26-4/h7-8,10,13,16-18,28,31H,5-6,9,11-12H2,1-4H3,(H,26,30)/t13-,16+,17+,18+,21+,22+,23+,24+/m1/s1. The van der Waals surface area contributed by atoms with E-state index in [2.05, 4.69) is 5.32 Å². The first-order chi connectivity index (χ1) is 14.9. The van der Waals surface area contributed by atoms with Crippen LogP contribution in [0.15, 0.2) is 23.8 Å². The van der Waals surface area contributed by atoms with E-state index >= 15 is 4.39 Å². The van der Waals surface area contributed by atoms with Gasteiger partial charge < -0.3 is 20.3 Å². The number of Topliss-reactive ketones (excluding diaryl/α,β-unsaturated/α-hetero) is 1. The van der Waals surface area contributed by atoms with Crippen LogP contribution in [0, 0.1) is 28.6 Å². The molecule has 0 unspecified atom stereocenters. The van der Waals surface area contributed by atoms with E-state index in [1.807, 2.05) is 0 Å². The Labute approximate surface area is 187 Å². The van der Waals surface area contributed by atoms with E-state index in [0.717, 1.165) is 0 Å². The zero-order valence-corrected chi connectivity index (χ0v) is 19.0. The Morgan fingerprint density at radius 2 is 2.00 bits per heavy atom. The Morgan fingerprint density at radius 1 is 1.31 bits per heavy atom. The lowest BCUT2D eigenvalue weighted by Gasteiger charge is -2.62. The van der Waals surface area contributed by atoms with Gasteiger partial charge in [0, 0.05) is 23.8 Å². The van der Waals surface area contributed by atoms with Crippen LogP contribution in [-0.2, 0) is 14.3 Å². The summed E-state index contributed by atoms with van der Waals surface area (Å²) in [6.45, 7) is 4.63. The van der Waals surface area contributed by atoms with Crippen LogP contribution in [0.2, 0.25) is 0 Å². The first-order valence-electron chi connectivity index (χ1n) is 11.3. The van der Waals surface area contributed by atoms with Gasteiger partial charge in [-0.1, -0.05) is 25.5 Å². The number of amides is 1. The van der Waals surface area contributed by atoms with Crippen molar-refractivity contribution in [1.82, 2.24) is 5.32 Å². The zero-order valence-electron chi connectivity index (χ0n) is 19.0. The predicted octanol–water partition coefficient (Wildman–Crippen LogP) is 2.26. The molecule has 7 nitrogen and oxygen atoms in total. The molecule has 4 rings (SSSR count). The highest BCUT2D eigenvalue weighted by molar-refractivity contribution is 6.01. The fraction of sp³-hybridized carbons (Fsp3) is 0.708. The number of aliphatic hydroxyl groups is 2. The molecule has 8 heteroatoms. The van der Waals surface area contributed by atoms with Crippen LogP contribution in [0.4, 0.5) is 9.18 Å². The Hall–Kier alpha value is -2.06. The summed E-state index contributed by atoms with van der Waals surface area (Å²) in [5, 5.41) is 25.3. The number of rotatable bonds is 3. The molecule has 0 aromatic heterocycles. The SMILES string of the molecule is CNC(=O)OCC(=O)[C@@]1(O)[C@H](C)C[C@H]2[C@@H]3CCC4=CC(=O)C=C[C@]4(C)[C@@]3(F)[C@@H](O)C[C@@]21C. The second-order valence-electron chi connectivity index (χ2n) is 10.4. The van der Waals surface area contributed by atoms with Gasteiger partial charge in [-0.25, -0.2) is 9.18 Å². The molecule has 32 heavy (non-hydrogen) atoms. The van der Waals surface area contributed by atoms with Gasteiger partial charge in [-0.05, 0) is 56.6 Å². The highest BCUT2D eigenvalue weighted by Crippen LogP contribution is 2.70. The number of aliphatic hydroxyl groups excluding tert-OH is 1. The third kappa shape index (κ3) is 2.68.